The minimum Gasteiger partial charge on any atom is -0.396 e. The van der Waals surface area contributed by atoms with Crippen LogP contribution in [0.5, 0.6) is 0 Å². The lowest BCUT2D eigenvalue weighted by molar-refractivity contribution is -0.170. The number of rotatable bonds is 4. The predicted molar refractivity (Wildman–Crippen MR) is 79.1 cm³/mol. The maximum absolute atomic E-state index is 12.9. The fraction of sp³-hybridized carbons (Fsp3) is 0.941. The molecule has 114 valence electrons. The number of amides is 1. The Kier molecular flexibility index (Phi) is 3.20. The number of carbonyl (C=O) groups is 1. The minimum atomic E-state index is -0.118. The number of aliphatic hydroxyl groups is 1. The number of hydrogen-bond acceptors (Lipinski definition) is 2. The third-order valence-corrected chi connectivity index (χ3v) is 6.05. The first kappa shape index (κ1) is 14.4. The summed E-state index contributed by atoms with van der Waals surface area (Å²) in [6.45, 7) is 6.94. The zero-order valence-corrected chi connectivity index (χ0v) is 13.2. The van der Waals surface area contributed by atoms with Gasteiger partial charge in [0.1, 0.15) is 0 Å². The molecule has 4 aliphatic rings. The molecule has 4 aliphatic carbocycles. The van der Waals surface area contributed by atoms with Crippen LogP contribution in [0.15, 0.2) is 0 Å². The summed E-state index contributed by atoms with van der Waals surface area (Å²) < 4.78 is 0. The van der Waals surface area contributed by atoms with Crippen LogP contribution in [-0.2, 0) is 4.79 Å². The van der Waals surface area contributed by atoms with Gasteiger partial charge in [-0.15, -0.1) is 0 Å². The fourth-order valence-corrected chi connectivity index (χ4v) is 6.34. The molecule has 4 bridgehead atoms. The van der Waals surface area contributed by atoms with Crippen molar-refractivity contribution in [2.45, 2.75) is 71.8 Å². The first-order valence-corrected chi connectivity index (χ1v) is 8.20. The average molecular weight is 279 g/mol. The number of aliphatic hydroxyl groups excluding tert-OH is 1. The van der Waals surface area contributed by atoms with Crippen LogP contribution in [0, 0.1) is 22.2 Å². The summed E-state index contributed by atoms with van der Waals surface area (Å²) in [5.41, 5.74) is 0.643. The highest BCUT2D eigenvalue weighted by Crippen LogP contribution is 2.69. The summed E-state index contributed by atoms with van der Waals surface area (Å²) in [4.78, 5) is 12.9. The van der Waals surface area contributed by atoms with Gasteiger partial charge in [0.2, 0.25) is 5.91 Å². The lowest BCUT2D eigenvalue weighted by atomic mass is 9.40. The molecule has 3 heteroatoms. The Morgan fingerprint density at radius 3 is 2.30 bits per heavy atom. The van der Waals surface area contributed by atoms with Gasteiger partial charge in [0.15, 0.2) is 0 Å². The van der Waals surface area contributed by atoms with Crippen LogP contribution in [0.3, 0.4) is 0 Å². The number of carbonyl (C=O) groups excluding carboxylic acids is 1. The van der Waals surface area contributed by atoms with E-state index in [1.807, 2.05) is 6.92 Å². The molecule has 20 heavy (non-hydrogen) atoms. The zero-order chi connectivity index (χ0) is 14.6. The van der Waals surface area contributed by atoms with Gasteiger partial charge in [-0.05, 0) is 68.6 Å². The molecule has 0 heterocycles. The van der Waals surface area contributed by atoms with Gasteiger partial charge in [0, 0.05) is 12.6 Å². The summed E-state index contributed by atoms with van der Waals surface area (Å²) in [5, 5.41) is 12.2. The first-order valence-electron chi connectivity index (χ1n) is 8.20. The van der Waals surface area contributed by atoms with Gasteiger partial charge < -0.3 is 10.4 Å². The summed E-state index contributed by atoms with van der Waals surface area (Å²) in [7, 11) is 0. The van der Waals surface area contributed by atoms with E-state index in [-0.39, 0.29) is 24.0 Å². The van der Waals surface area contributed by atoms with Crippen molar-refractivity contribution in [2.24, 2.45) is 22.2 Å². The van der Waals surface area contributed by atoms with Crippen molar-refractivity contribution in [1.82, 2.24) is 5.32 Å². The Labute approximate surface area is 122 Å². The standard InChI is InChI=1S/C17H29NO2/c1-12(4-5-19)18-14(20)17-8-13-6-15(2,10-17)9-16(3,7-13)11-17/h12-13,19H,4-11H2,1-3H3,(H,18,20). The molecule has 3 atom stereocenters. The normalized spacial score (nSPS) is 47.3. The Balaban J connectivity index is 1.80. The Morgan fingerprint density at radius 2 is 1.80 bits per heavy atom. The van der Waals surface area contributed by atoms with E-state index in [2.05, 4.69) is 19.2 Å². The van der Waals surface area contributed by atoms with Gasteiger partial charge >= 0.3 is 0 Å². The van der Waals surface area contributed by atoms with E-state index >= 15 is 0 Å². The van der Waals surface area contributed by atoms with E-state index in [0.29, 0.717) is 17.3 Å². The summed E-state index contributed by atoms with van der Waals surface area (Å²) in [6, 6.07) is 0.0844. The van der Waals surface area contributed by atoms with Crippen molar-refractivity contribution in [3.63, 3.8) is 0 Å². The summed E-state index contributed by atoms with van der Waals surface area (Å²) in [6.07, 6.45) is 7.84. The largest absolute Gasteiger partial charge is 0.396 e. The van der Waals surface area contributed by atoms with Crippen LogP contribution in [0.4, 0.5) is 0 Å². The summed E-state index contributed by atoms with van der Waals surface area (Å²) >= 11 is 0. The van der Waals surface area contributed by atoms with E-state index in [0.717, 1.165) is 25.2 Å². The van der Waals surface area contributed by atoms with Crippen molar-refractivity contribution in [3.05, 3.63) is 0 Å². The molecule has 4 rings (SSSR count). The molecule has 0 saturated heterocycles. The Hall–Kier alpha value is -0.570. The van der Waals surface area contributed by atoms with Crippen LogP contribution in [0.25, 0.3) is 0 Å². The number of nitrogens with one attached hydrogen (secondary N) is 1. The summed E-state index contributed by atoms with van der Waals surface area (Å²) in [5.74, 6) is 1.01. The molecular formula is C17H29NO2. The maximum atomic E-state index is 12.9. The van der Waals surface area contributed by atoms with E-state index < -0.39 is 0 Å². The second kappa shape index (κ2) is 4.46. The molecule has 4 fully saturated rings. The van der Waals surface area contributed by atoms with Gasteiger partial charge in [-0.25, -0.2) is 0 Å². The predicted octanol–water partition coefficient (Wildman–Crippen LogP) is 2.87. The van der Waals surface area contributed by atoms with Crippen LogP contribution in [0.1, 0.15) is 65.7 Å². The van der Waals surface area contributed by atoms with Crippen LogP contribution < -0.4 is 5.32 Å². The molecule has 0 aromatic carbocycles. The van der Waals surface area contributed by atoms with Gasteiger partial charge in [-0.3, -0.25) is 4.79 Å². The molecule has 0 aromatic heterocycles. The third-order valence-electron chi connectivity index (χ3n) is 6.05. The van der Waals surface area contributed by atoms with Gasteiger partial charge in [0.25, 0.3) is 0 Å². The zero-order valence-electron chi connectivity index (χ0n) is 13.2. The maximum Gasteiger partial charge on any atom is 0.226 e. The highest BCUT2D eigenvalue weighted by atomic mass is 16.3. The quantitative estimate of drug-likeness (QED) is 0.831. The lowest BCUT2D eigenvalue weighted by Crippen LogP contribution is -2.60. The van der Waals surface area contributed by atoms with Crippen LogP contribution in [0.2, 0.25) is 0 Å². The van der Waals surface area contributed by atoms with E-state index in [1.54, 1.807) is 0 Å². The molecule has 3 nitrogen and oxygen atoms in total. The molecule has 0 radical (unpaired) electrons. The molecule has 2 N–H and O–H groups in total. The van der Waals surface area contributed by atoms with Crippen molar-refractivity contribution < 1.29 is 9.90 Å². The van der Waals surface area contributed by atoms with Crippen molar-refractivity contribution >= 4 is 5.91 Å². The van der Waals surface area contributed by atoms with Gasteiger partial charge in [0.05, 0.1) is 5.41 Å². The lowest BCUT2D eigenvalue weighted by Gasteiger charge is -2.64. The Bertz CT molecular complexity index is 401. The highest BCUT2D eigenvalue weighted by molar-refractivity contribution is 5.83. The molecular weight excluding hydrogens is 250 g/mol. The van der Waals surface area contributed by atoms with Crippen molar-refractivity contribution in [2.75, 3.05) is 6.61 Å². The fourth-order valence-electron chi connectivity index (χ4n) is 6.34. The smallest absolute Gasteiger partial charge is 0.226 e. The van der Waals surface area contributed by atoms with Crippen molar-refractivity contribution in [3.8, 4) is 0 Å². The van der Waals surface area contributed by atoms with Crippen LogP contribution in [-0.4, -0.2) is 23.7 Å². The van der Waals surface area contributed by atoms with Crippen LogP contribution >= 0.6 is 0 Å². The molecule has 3 unspecified atom stereocenters. The first-order chi connectivity index (χ1) is 9.28. The number of hydrogen-bond donors (Lipinski definition) is 2. The van der Waals surface area contributed by atoms with Gasteiger partial charge in [-0.2, -0.15) is 0 Å². The van der Waals surface area contributed by atoms with E-state index in [4.69, 9.17) is 5.11 Å². The molecule has 0 aromatic rings. The topological polar surface area (TPSA) is 49.3 Å². The van der Waals surface area contributed by atoms with E-state index in [9.17, 15) is 4.79 Å². The van der Waals surface area contributed by atoms with E-state index in [1.165, 1.54) is 19.3 Å². The average Bonchev–Trinajstić information content (AvgIpc) is 2.23. The monoisotopic (exact) mass is 279 g/mol. The second-order valence-electron chi connectivity index (χ2n) is 8.80. The molecule has 1 amide bonds. The van der Waals surface area contributed by atoms with Crippen molar-refractivity contribution in [1.29, 1.82) is 0 Å². The Morgan fingerprint density at radius 1 is 1.20 bits per heavy atom. The molecule has 0 aliphatic heterocycles. The van der Waals surface area contributed by atoms with Gasteiger partial charge in [-0.1, -0.05) is 13.8 Å². The molecule has 4 saturated carbocycles. The SMILES string of the molecule is CC(CCO)NC(=O)C12CC3CC(C)(CC(C)(C3)C1)C2. The molecule has 0 spiro atoms. The third kappa shape index (κ3) is 2.28. The second-order valence-corrected chi connectivity index (χ2v) is 8.80. The highest BCUT2D eigenvalue weighted by Gasteiger charge is 2.62. The minimum absolute atomic E-state index is 0.0844.